The van der Waals surface area contributed by atoms with Crippen LogP contribution in [0.1, 0.15) is 12.5 Å². The second-order valence-electron chi connectivity index (χ2n) is 2.13. The molecule has 3 heteroatoms. The van der Waals surface area contributed by atoms with E-state index >= 15 is 0 Å². The lowest BCUT2D eigenvalue weighted by Gasteiger charge is -1.94. The molecule has 0 N–H and O–H groups in total. The predicted molar refractivity (Wildman–Crippen MR) is 48.8 cm³/mol. The van der Waals surface area contributed by atoms with Gasteiger partial charge in [0, 0.05) is 11.1 Å². The Hall–Kier alpha value is -0.600. The lowest BCUT2D eigenvalue weighted by Crippen LogP contribution is -1.80. The standard InChI is InChI=1S/C8H7ClOS/c1-6(4-10)8(9)7-2-3-11-5-7/h2-5H,1H3/b8-6-. The van der Waals surface area contributed by atoms with Gasteiger partial charge in [-0.2, -0.15) is 11.3 Å². The van der Waals surface area contributed by atoms with E-state index in [1.165, 1.54) is 0 Å². The van der Waals surface area contributed by atoms with Crippen molar-refractivity contribution in [1.29, 1.82) is 0 Å². The molecule has 58 valence electrons. The van der Waals surface area contributed by atoms with Crippen molar-refractivity contribution in [1.82, 2.24) is 0 Å². The summed E-state index contributed by atoms with van der Waals surface area (Å²) in [5.74, 6) is 0. The van der Waals surface area contributed by atoms with E-state index in [0.29, 0.717) is 10.6 Å². The molecule has 0 amide bonds. The average molecular weight is 187 g/mol. The van der Waals surface area contributed by atoms with Gasteiger partial charge in [-0.1, -0.05) is 11.6 Å². The quantitative estimate of drug-likeness (QED) is 0.513. The molecule has 0 fully saturated rings. The second kappa shape index (κ2) is 3.69. The van der Waals surface area contributed by atoms with Crippen LogP contribution in [0.25, 0.3) is 5.03 Å². The fourth-order valence-electron chi connectivity index (χ4n) is 0.669. The van der Waals surface area contributed by atoms with E-state index in [1.54, 1.807) is 18.3 Å². The van der Waals surface area contributed by atoms with E-state index in [9.17, 15) is 4.79 Å². The highest BCUT2D eigenvalue weighted by atomic mass is 35.5. The molecule has 0 aromatic carbocycles. The summed E-state index contributed by atoms with van der Waals surface area (Å²) in [6.45, 7) is 1.70. The van der Waals surface area contributed by atoms with Gasteiger partial charge in [0.15, 0.2) is 0 Å². The van der Waals surface area contributed by atoms with Crippen molar-refractivity contribution in [3.8, 4) is 0 Å². The van der Waals surface area contributed by atoms with Crippen molar-refractivity contribution in [2.45, 2.75) is 6.92 Å². The summed E-state index contributed by atoms with van der Waals surface area (Å²) in [5.41, 5.74) is 1.49. The molecule has 1 heterocycles. The van der Waals surface area contributed by atoms with Crippen LogP contribution in [0.3, 0.4) is 0 Å². The van der Waals surface area contributed by atoms with Gasteiger partial charge in [-0.05, 0) is 23.8 Å². The first kappa shape index (κ1) is 8.50. The maximum Gasteiger partial charge on any atom is 0.147 e. The molecule has 0 aliphatic rings. The van der Waals surface area contributed by atoms with Gasteiger partial charge in [-0.25, -0.2) is 0 Å². The zero-order valence-corrected chi connectivity index (χ0v) is 7.58. The van der Waals surface area contributed by atoms with Crippen molar-refractivity contribution in [3.63, 3.8) is 0 Å². The number of hydrogen-bond donors (Lipinski definition) is 0. The maximum absolute atomic E-state index is 10.3. The molecule has 11 heavy (non-hydrogen) atoms. The van der Waals surface area contributed by atoms with Gasteiger partial charge < -0.3 is 0 Å². The Morgan fingerprint density at radius 3 is 2.91 bits per heavy atom. The molecule has 0 saturated carbocycles. The summed E-state index contributed by atoms with van der Waals surface area (Å²) in [4.78, 5) is 10.3. The summed E-state index contributed by atoms with van der Waals surface area (Å²) in [7, 11) is 0. The molecule has 0 aliphatic heterocycles. The zero-order valence-electron chi connectivity index (χ0n) is 6.00. The van der Waals surface area contributed by atoms with Crippen LogP contribution in [0.5, 0.6) is 0 Å². The number of allylic oxidation sites excluding steroid dienone is 1. The van der Waals surface area contributed by atoms with Gasteiger partial charge in [0.1, 0.15) is 6.29 Å². The largest absolute Gasteiger partial charge is 0.298 e. The first-order valence-corrected chi connectivity index (χ1v) is 4.42. The number of thiophene rings is 1. The molecule has 0 bridgehead atoms. The van der Waals surface area contributed by atoms with E-state index in [0.717, 1.165) is 11.8 Å². The van der Waals surface area contributed by atoms with Crippen LogP contribution < -0.4 is 0 Å². The van der Waals surface area contributed by atoms with Crippen molar-refractivity contribution in [3.05, 3.63) is 28.0 Å². The Balaban J connectivity index is 3.02. The molecule has 0 aliphatic carbocycles. The Labute approximate surface area is 74.3 Å². The van der Waals surface area contributed by atoms with E-state index in [2.05, 4.69) is 0 Å². The molecule has 0 spiro atoms. The van der Waals surface area contributed by atoms with E-state index in [-0.39, 0.29) is 0 Å². The molecule has 0 radical (unpaired) electrons. The van der Waals surface area contributed by atoms with E-state index in [4.69, 9.17) is 11.6 Å². The first-order chi connectivity index (χ1) is 5.25. The molecule has 0 atom stereocenters. The highest BCUT2D eigenvalue weighted by Crippen LogP contribution is 2.23. The topological polar surface area (TPSA) is 17.1 Å². The van der Waals surface area contributed by atoms with Crippen molar-refractivity contribution in [2.24, 2.45) is 0 Å². The highest BCUT2D eigenvalue weighted by Gasteiger charge is 2.01. The van der Waals surface area contributed by atoms with Crippen LogP contribution in [0, 0.1) is 0 Å². The number of rotatable bonds is 2. The summed E-state index contributed by atoms with van der Waals surface area (Å²) >= 11 is 7.41. The van der Waals surface area contributed by atoms with Crippen LogP contribution in [-0.2, 0) is 4.79 Å². The van der Waals surface area contributed by atoms with Gasteiger partial charge in [0.2, 0.25) is 0 Å². The molecule has 1 aromatic heterocycles. The minimum atomic E-state index is 0.543. The average Bonchev–Trinajstić information content (AvgIpc) is 2.53. The number of aldehydes is 1. The number of hydrogen-bond acceptors (Lipinski definition) is 2. The predicted octanol–water partition coefficient (Wildman–Crippen LogP) is 2.92. The summed E-state index contributed by atoms with van der Waals surface area (Å²) in [6.07, 6.45) is 0.764. The summed E-state index contributed by atoms with van der Waals surface area (Å²) in [6, 6.07) is 1.89. The van der Waals surface area contributed by atoms with Gasteiger partial charge in [0.05, 0.1) is 5.03 Å². The molecule has 0 unspecified atom stereocenters. The third-order valence-corrected chi connectivity index (χ3v) is 2.50. The molecular weight excluding hydrogens is 180 g/mol. The smallest absolute Gasteiger partial charge is 0.147 e. The Kier molecular flexibility index (Phi) is 2.85. The summed E-state index contributed by atoms with van der Waals surface area (Å²) in [5, 5.41) is 4.38. The van der Waals surface area contributed by atoms with E-state index in [1.807, 2.05) is 16.8 Å². The third kappa shape index (κ3) is 1.91. The van der Waals surface area contributed by atoms with Gasteiger partial charge in [-0.3, -0.25) is 4.79 Å². The number of carbonyl (C=O) groups excluding carboxylic acids is 1. The highest BCUT2D eigenvalue weighted by molar-refractivity contribution is 7.08. The van der Waals surface area contributed by atoms with Crippen LogP contribution in [0.2, 0.25) is 0 Å². The van der Waals surface area contributed by atoms with Crippen molar-refractivity contribution < 1.29 is 4.79 Å². The fraction of sp³-hybridized carbons (Fsp3) is 0.125. The van der Waals surface area contributed by atoms with Crippen molar-refractivity contribution in [2.75, 3.05) is 0 Å². The molecule has 1 rings (SSSR count). The Morgan fingerprint density at radius 2 is 2.45 bits per heavy atom. The van der Waals surface area contributed by atoms with Crippen LogP contribution in [-0.4, -0.2) is 6.29 Å². The maximum atomic E-state index is 10.3. The normalized spacial score (nSPS) is 12.5. The molecular formula is C8H7ClOS. The van der Waals surface area contributed by atoms with Gasteiger partial charge in [-0.15, -0.1) is 0 Å². The lowest BCUT2D eigenvalue weighted by atomic mass is 10.2. The van der Waals surface area contributed by atoms with Crippen molar-refractivity contribution >= 4 is 34.3 Å². The first-order valence-electron chi connectivity index (χ1n) is 3.10. The van der Waals surface area contributed by atoms with Gasteiger partial charge in [0.25, 0.3) is 0 Å². The zero-order chi connectivity index (χ0) is 8.27. The van der Waals surface area contributed by atoms with Crippen LogP contribution in [0.15, 0.2) is 22.4 Å². The Morgan fingerprint density at radius 1 is 1.73 bits per heavy atom. The van der Waals surface area contributed by atoms with Crippen LogP contribution >= 0.6 is 22.9 Å². The minimum absolute atomic E-state index is 0.543. The number of halogens is 1. The SMILES string of the molecule is C/C(C=O)=C(/Cl)c1ccsc1. The minimum Gasteiger partial charge on any atom is -0.298 e. The molecule has 1 aromatic rings. The molecule has 1 nitrogen and oxygen atoms in total. The van der Waals surface area contributed by atoms with E-state index < -0.39 is 0 Å². The monoisotopic (exact) mass is 186 g/mol. The van der Waals surface area contributed by atoms with Crippen LogP contribution in [0.4, 0.5) is 0 Å². The second-order valence-corrected chi connectivity index (χ2v) is 3.28. The lowest BCUT2D eigenvalue weighted by molar-refractivity contribution is -0.104. The fourth-order valence-corrected chi connectivity index (χ4v) is 1.54. The number of carbonyl (C=O) groups is 1. The Bertz CT molecular complexity index is 274. The molecule has 0 saturated heterocycles. The van der Waals surface area contributed by atoms with Gasteiger partial charge >= 0.3 is 0 Å². The summed E-state index contributed by atoms with van der Waals surface area (Å²) < 4.78 is 0. The third-order valence-electron chi connectivity index (χ3n) is 1.30.